The number of hydrogen-bond acceptors (Lipinski definition) is 2. The van der Waals surface area contributed by atoms with Crippen molar-refractivity contribution in [1.29, 1.82) is 0 Å². The molecule has 1 aliphatic rings. The lowest BCUT2D eigenvalue weighted by molar-refractivity contribution is -0.131. The number of carbonyl (C=O) groups excluding carboxylic acids is 1. The van der Waals surface area contributed by atoms with Gasteiger partial charge < -0.3 is 14.6 Å². The molecule has 134 valence electrons. The molecule has 0 fully saturated rings. The summed E-state index contributed by atoms with van der Waals surface area (Å²) in [6, 6.07) is 14.0. The lowest BCUT2D eigenvalue weighted by atomic mass is 10.0. The average molecular weight is 413 g/mol. The zero-order chi connectivity index (χ0) is 18.1. The topological polar surface area (TPSA) is 45.3 Å². The van der Waals surface area contributed by atoms with Crippen LogP contribution >= 0.6 is 15.9 Å². The number of H-pyrrole nitrogens is 1. The second kappa shape index (κ2) is 7.16. The van der Waals surface area contributed by atoms with E-state index in [9.17, 15) is 4.79 Å². The molecule has 2 heterocycles. The molecule has 0 aliphatic carbocycles. The third kappa shape index (κ3) is 3.23. The molecule has 1 amide bonds. The SMILES string of the molecule is CCOc1ccc(CC(=O)N2CCc3[nH]c4c(Br)cccc4c3C2)cc1. The van der Waals surface area contributed by atoms with Crippen molar-refractivity contribution in [3.05, 3.63) is 63.8 Å². The van der Waals surface area contributed by atoms with E-state index in [0.717, 1.165) is 34.3 Å². The highest BCUT2D eigenvalue weighted by Crippen LogP contribution is 2.32. The van der Waals surface area contributed by atoms with Crippen molar-refractivity contribution in [2.75, 3.05) is 13.2 Å². The van der Waals surface area contributed by atoms with Crippen LogP contribution in [0, 0.1) is 0 Å². The number of hydrogen-bond donors (Lipinski definition) is 1. The number of para-hydroxylation sites is 1. The standard InChI is InChI=1S/C21H21BrN2O2/c1-2-26-15-8-6-14(7-9-15)12-20(25)24-11-10-19-17(13-24)16-4-3-5-18(22)21(16)23-19/h3-9,23H,2,10-13H2,1H3. The number of aromatic amines is 1. The maximum absolute atomic E-state index is 12.8. The first-order chi connectivity index (χ1) is 12.7. The summed E-state index contributed by atoms with van der Waals surface area (Å²) in [5, 5.41) is 1.20. The number of benzene rings is 2. The summed E-state index contributed by atoms with van der Waals surface area (Å²) >= 11 is 3.61. The molecular weight excluding hydrogens is 392 g/mol. The number of rotatable bonds is 4. The predicted molar refractivity (Wildman–Crippen MR) is 106 cm³/mol. The van der Waals surface area contributed by atoms with Crippen LogP contribution in [0.3, 0.4) is 0 Å². The second-order valence-corrected chi connectivity index (χ2v) is 7.42. The summed E-state index contributed by atoms with van der Waals surface area (Å²) in [6.45, 7) is 4.04. The van der Waals surface area contributed by atoms with Crippen molar-refractivity contribution in [3.63, 3.8) is 0 Å². The van der Waals surface area contributed by atoms with Gasteiger partial charge in [0.15, 0.2) is 0 Å². The number of aromatic nitrogens is 1. The molecule has 0 unspecified atom stereocenters. The predicted octanol–water partition coefficient (Wildman–Crippen LogP) is 4.46. The van der Waals surface area contributed by atoms with Crippen LogP contribution in [0.25, 0.3) is 10.9 Å². The maximum Gasteiger partial charge on any atom is 0.227 e. The lowest BCUT2D eigenvalue weighted by Crippen LogP contribution is -2.36. The van der Waals surface area contributed by atoms with E-state index in [1.165, 1.54) is 16.6 Å². The Kier molecular flexibility index (Phi) is 4.72. The van der Waals surface area contributed by atoms with Crippen molar-refractivity contribution >= 4 is 32.7 Å². The number of amides is 1. The molecule has 4 nitrogen and oxygen atoms in total. The molecule has 0 radical (unpaired) electrons. The number of halogens is 1. The first kappa shape index (κ1) is 17.2. The Labute approximate surface area is 161 Å². The van der Waals surface area contributed by atoms with Crippen LogP contribution in [0.2, 0.25) is 0 Å². The fraction of sp³-hybridized carbons (Fsp3) is 0.286. The molecule has 26 heavy (non-hydrogen) atoms. The molecule has 3 aromatic rings. The second-order valence-electron chi connectivity index (χ2n) is 6.56. The number of carbonyl (C=O) groups is 1. The minimum Gasteiger partial charge on any atom is -0.494 e. The first-order valence-electron chi connectivity index (χ1n) is 8.93. The molecule has 0 saturated carbocycles. The Morgan fingerprint density at radius 3 is 2.81 bits per heavy atom. The van der Waals surface area contributed by atoms with Gasteiger partial charge in [0.05, 0.1) is 18.5 Å². The highest BCUT2D eigenvalue weighted by atomic mass is 79.9. The first-order valence-corrected chi connectivity index (χ1v) is 9.72. The minimum absolute atomic E-state index is 0.171. The van der Waals surface area contributed by atoms with Gasteiger partial charge in [0.2, 0.25) is 5.91 Å². The van der Waals surface area contributed by atoms with Crippen molar-refractivity contribution in [3.8, 4) is 5.75 Å². The van der Waals surface area contributed by atoms with Gasteiger partial charge in [0.25, 0.3) is 0 Å². The molecule has 2 aromatic carbocycles. The summed E-state index contributed by atoms with van der Waals surface area (Å²) in [7, 11) is 0. The Balaban J connectivity index is 1.50. The van der Waals surface area contributed by atoms with Gasteiger partial charge in [-0.05, 0) is 46.6 Å². The van der Waals surface area contributed by atoms with Crippen LogP contribution in [-0.4, -0.2) is 28.9 Å². The molecule has 5 heteroatoms. The summed E-state index contributed by atoms with van der Waals surface area (Å²) in [4.78, 5) is 18.3. The molecular formula is C21H21BrN2O2. The van der Waals surface area contributed by atoms with E-state index >= 15 is 0 Å². The van der Waals surface area contributed by atoms with Crippen molar-refractivity contribution in [2.24, 2.45) is 0 Å². The quantitative estimate of drug-likeness (QED) is 0.687. The molecule has 0 spiro atoms. The summed E-state index contributed by atoms with van der Waals surface area (Å²) in [5.74, 6) is 1.01. The molecule has 1 aromatic heterocycles. The van der Waals surface area contributed by atoms with Gasteiger partial charge in [-0.15, -0.1) is 0 Å². The molecule has 1 aliphatic heterocycles. The Hall–Kier alpha value is -2.27. The van der Waals surface area contributed by atoms with Crippen LogP contribution < -0.4 is 4.74 Å². The molecule has 4 rings (SSSR count). The van der Waals surface area contributed by atoms with Gasteiger partial charge in [-0.3, -0.25) is 4.79 Å². The van der Waals surface area contributed by atoms with Gasteiger partial charge in [0.1, 0.15) is 5.75 Å². The number of ether oxygens (including phenoxy) is 1. The van der Waals surface area contributed by atoms with Gasteiger partial charge in [-0.1, -0.05) is 24.3 Å². The zero-order valence-corrected chi connectivity index (χ0v) is 16.3. The minimum atomic E-state index is 0.171. The van der Waals surface area contributed by atoms with Crippen molar-refractivity contribution < 1.29 is 9.53 Å². The smallest absolute Gasteiger partial charge is 0.227 e. The highest BCUT2D eigenvalue weighted by Gasteiger charge is 2.24. The zero-order valence-electron chi connectivity index (χ0n) is 14.7. The van der Waals surface area contributed by atoms with Crippen molar-refractivity contribution in [1.82, 2.24) is 9.88 Å². The van der Waals surface area contributed by atoms with Crippen LogP contribution in [0.5, 0.6) is 5.75 Å². The van der Waals surface area contributed by atoms with E-state index in [4.69, 9.17) is 4.74 Å². The van der Waals surface area contributed by atoms with E-state index in [0.29, 0.717) is 19.6 Å². The van der Waals surface area contributed by atoms with Gasteiger partial charge >= 0.3 is 0 Å². The van der Waals surface area contributed by atoms with E-state index in [-0.39, 0.29) is 5.91 Å². The largest absolute Gasteiger partial charge is 0.494 e. The fourth-order valence-electron chi connectivity index (χ4n) is 3.57. The molecule has 0 bridgehead atoms. The lowest BCUT2D eigenvalue weighted by Gasteiger charge is -2.27. The molecule has 0 saturated heterocycles. The Bertz CT molecular complexity index is 947. The van der Waals surface area contributed by atoms with E-state index in [2.05, 4.69) is 27.0 Å². The summed E-state index contributed by atoms with van der Waals surface area (Å²) in [6.07, 6.45) is 1.29. The van der Waals surface area contributed by atoms with E-state index in [1.54, 1.807) is 0 Å². The number of fused-ring (bicyclic) bond motifs is 3. The molecule has 0 atom stereocenters. The third-order valence-corrected chi connectivity index (χ3v) is 5.56. The van der Waals surface area contributed by atoms with E-state index < -0.39 is 0 Å². The van der Waals surface area contributed by atoms with Gasteiger partial charge in [-0.2, -0.15) is 0 Å². The van der Waals surface area contributed by atoms with Crippen LogP contribution in [0.1, 0.15) is 23.7 Å². The fourth-order valence-corrected chi connectivity index (χ4v) is 4.04. The third-order valence-electron chi connectivity index (χ3n) is 4.90. The summed E-state index contributed by atoms with van der Waals surface area (Å²) in [5.41, 5.74) is 4.63. The van der Waals surface area contributed by atoms with Crippen LogP contribution in [-0.2, 0) is 24.2 Å². The van der Waals surface area contributed by atoms with Crippen LogP contribution in [0.15, 0.2) is 46.9 Å². The van der Waals surface area contributed by atoms with Gasteiger partial charge in [-0.25, -0.2) is 0 Å². The normalized spacial score (nSPS) is 13.7. The van der Waals surface area contributed by atoms with Crippen molar-refractivity contribution in [2.45, 2.75) is 26.3 Å². The molecule has 1 N–H and O–H groups in total. The van der Waals surface area contributed by atoms with E-state index in [1.807, 2.05) is 48.2 Å². The van der Waals surface area contributed by atoms with Crippen LogP contribution in [0.4, 0.5) is 0 Å². The number of nitrogens with zero attached hydrogens (tertiary/aromatic N) is 1. The Morgan fingerprint density at radius 2 is 2.04 bits per heavy atom. The number of nitrogens with one attached hydrogen (secondary N) is 1. The maximum atomic E-state index is 12.8. The van der Waals surface area contributed by atoms with Gasteiger partial charge in [0, 0.05) is 40.6 Å². The average Bonchev–Trinajstić information content (AvgIpc) is 3.03. The monoisotopic (exact) mass is 412 g/mol. The summed E-state index contributed by atoms with van der Waals surface area (Å²) < 4.78 is 6.53. The Morgan fingerprint density at radius 1 is 1.23 bits per heavy atom. The highest BCUT2D eigenvalue weighted by molar-refractivity contribution is 9.10.